The predicted molar refractivity (Wildman–Crippen MR) is 117 cm³/mol. The fourth-order valence-corrected chi connectivity index (χ4v) is 16.9. The van der Waals surface area contributed by atoms with Crippen molar-refractivity contribution in [2.24, 2.45) is 0 Å². The number of benzene rings is 3. The van der Waals surface area contributed by atoms with E-state index in [1.807, 2.05) is 0 Å². The van der Waals surface area contributed by atoms with Gasteiger partial charge in [-0.3, -0.25) is 0 Å². The molecule has 0 spiro atoms. The number of halogens is 5. The van der Waals surface area contributed by atoms with Crippen LogP contribution in [0, 0.1) is 17.5 Å². The Morgan fingerprint density at radius 1 is 0.594 bits per heavy atom. The van der Waals surface area contributed by atoms with Crippen LogP contribution in [0.4, 0.5) is 13.2 Å². The van der Waals surface area contributed by atoms with Crippen molar-refractivity contribution in [3.8, 4) is 0 Å². The summed E-state index contributed by atoms with van der Waals surface area (Å²) in [6, 6.07) is 14.4. The molecular formula is C22H16Cl2F3O4Sb. The molecule has 0 N–H and O–H groups in total. The van der Waals surface area contributed by atoms with Crippen molar-refractivity contribution in [1.29, 1.82) is 0 Å². The molecule has 0 aliphatic rings. The fourth-order valence-electron chi connectivity index (χ4n) is 3.36. The Bertz CT molecular complexity index is 988. The summed E-state index contributed by atoms with van der Waals surface area (Å²) in [5, 5.41) is 0. The van der Waals surface area contributed by atoms with Gasteiger partial charge in [-0.1, -0.05) is 0 Å². The minimum absolute atomic E-state index is 0.148. The van der Waals surface area contributed by atoms with Crippen molar-refractivity contribution in [3.63, 3.8) is 0 Å². The van der Waals surface area contributed by atoms with Crippen molar-refractivity contribution in [3.05, 3.63) is 90.2 Å². The molecule has 3 rings (SSSR count). The van der Waals surface area contributed by atoms with E-state index in [1.165, 1.54) is 36.4 Å². The van der Waals surface area contributed by atoms with Crippen molar-refractivity contribution in [2.75, 3.05) is 11.8 Å². The number of carbonyl (C=O) groups is 2. The number of hydrogen-bond donors (Lipinski definition) is 0. The molecule has 168 valence electrons. The molecular weight excluding hydrogens is 578 g/mol. The van der Waals surface area contributed by atoms with Gasteiger partial charge in [0.15, 0.2) is 0 Å². The van der Waals surface area contributed by atoms with E-state index in [2.05, 4.69) is 0 Å². The van der Waals surface area contributed by atoms with Crippen LogP contribution in [0.1, 0.15) is 0 Å². The van der Waals surface area contributed by atoms with E-state index >= 15 is 0 Å². The average Bonchev–Trinajstić information content (AvgIpc) is 2.79. The monoisotopic (exact) mass is 592 g/mol. The van der Waals surface area contributed by atoms with Crippen molar-refractivity contribution in [1.82, 2.24) is 0 Å². The molecule has 0 atom stereocenters. The average molecular weight is 594 g/mol. The third kappa shape index (κ3) is 4.34. The quantitative estimate of drug-likeness (QED) is 0.312. The van der Waals surface area contributed by atoms with Crippen molar-refractivity contribution in [2.45, 2.75) is 0 Å². The fraction of sp³-hybridized carbons (Fsp3) is 0.0909. The molecule has 0 aliphatic carbocycles. The van der Waals surface area contributed by atoms with Crippen LogP contribution < -0.4 is 10.5 Å². The first-order chi connectivity index (χ1) is 15.2. The van der Waals surface area contributed by atoms with Crippen LogP contribution in [0.15, 0.2) is 72.8 Å². The molecule has 0 aliphatic heterocycles. The first-order valence-corrected chi connectivity index (χ1v) is 16.1. The molecule has 0 heterocycles. The normalized spacial score (nSPS) is 12.5. The molecule has 0 bridgehead atoms. The number of carbonyl (C=O) groups excluding carboxylic acids is 2. The zero-order valence-corrected chi connectivity index (χ0v) is 20.4. The van der Waals surface area contributed by atoms with Crippen LogP contribution in [0.5, 0.6) is 0 Å². The zero-order chi connectivity index (χ0) is 23.4. The summed E-state index contributed by atoms with van der Waals surface area (Å²) in [6.07, 6.45) is 0. The summed E-state index contributed by atoms with van der Waals surface area (Å²) in [7, 11) is 0. The summed E-state index contributed by atoms with van der Waals surface area (Å²) in [5.41, 5.74) is 0. The third-order valence-corrected chi connectivity index (χ3v) is 18.8. The molecule has 0 saturated heterocycles. The van der Waals surface area contributed by atoms with Crippen LogP contribution in [-0.4, -0.2) is 41.9 Å². The van der Waals surface area contributed by atoms with Crippen LogP contribution in [0.25, 0.3) is 0 Å². The SMILES string of the molecule is O=C(CCl)[O][Sb]([O]C(=O)CCl)([c]1ccc(F)cc1)([c]1ccc(F)cc1)[c]1ccc(F)cc1. The standard InChI is InChI=1S/3C6H4F.2C2H3ClO2.Sb/c3*7-6-4-2-1-3-5-6;2*3-1-2(4)5;/h3*2-5H;2*1H2,(H,4,5);/q;;;;;+2/p-2. The number of alkyl halides is 2. The van der Waals surface area contributed by atoms with Gasteiger partial charge in [0.25, 0.3) is 0 Å². The van der Waals surface area contributed by atoms with Gasteiger partial charge >= 0.3 is 195 Å². The minimum atomic E-state index is -6.25. The molecule has 0 amide bonds. The molecule has 0 saturated carbocycles. The van der Waals surface area contributed by atoms with E-state index in [4.69, 9.17) is 29.2 Å². The topological polar surface area (TPSA) is 52.6 Å². The van der Waals surface area contributed by atoms with E-state index in [1.54, 1.807) is 0 Å². The van der Waals surface area contributed by atoms with Gasteiger partial charge in [0.1, 0.15) is 0 Å². The van der Waals surface area contributed by atoms with Gasteiger partial charge in [0, 0.05) is 0 Å². The molecule has 0 radical (unpaired) electrons. The van der Waals surface area contributed by atoms with E-state index in [-0.39, 0.29) is 10.5 Å². The number of hydrogen-bond acceptors (Lipinski definition) is 4. The van der Waals surface area contributed by atoms with E-state index in [0.717, 1.165) is 36.4 Å². The second-order valence-electron chi connectivity index (χ2n) is 6.58. The van der Waals surface area contributed by atoms with Crippen LogP contribution in [-0.2, 0) is 15.6 Å². The molecule has 4 nitrogen and oxygen atoms in total. The Morgan fingerprint density at radius 2 is 0.844 bits per heavy atom. The first-order valence-electron chi connectivity index (χ1n) is 9.13. The van der Waals surface area contributed by atoms with Crippen molar-refractivity contribution >= 4 is 63.9 Å². The van der Waals surface area contributed by atoms with Crippen LogP contribution in [0.3, 0.4) is 0 Å². The Labute approximate surface area is 194 Å². The molecule has 0 unspecified atom stereocenters. The summed E-state index contributed by atoms with van der Waals surface area (Å²) < 4.78 is 53.9. The third-order valence-electron chi connectivity index (χ3n) is 4.66. The summed E-state index contributed by atoms with van der Waals surface area (Å²) in [6.45, 7) is 0. The summed E-state index contributed by atoms with van der Waals surface area (Å²) in [4.78, 5) is 25.3. The molecule has 32 heavy (non-hydrogen) atoms. The zero-order valence-electron chi connectivity index (χ0n) is 16.3. The van der Waals surface area contributed by atoms with E-state index in [0.29, 0.717) is 0 Å². The predicted octanol–water partition coefficient (Wildman–Crippen LogP) is 3.09. The van der Waals surface area contributed by atoms with Gasteiger partial charge in [0.2, 0.25) is 0 Å². The van der Waals surface area contributed by atoms with Crippen LogP contribution in [0.2, 0.25) is 0 Å². The molecule has 0 fully saturated rings. The van der Waals surface area contributed by atoms with Crippen molar-refractivity contribution < 1.29 is 28.8 Å². The Hall–Kier alpha value is -2.21. The maximum absolute atomic E-state index is 13.8. The second-order valence-corrected chi connectivity index (χ2v) is 18.0. The Morgan fingerprint density at radius 3 is 1.06 bits per heavy atom. The van der Waals surface area contributed by atoms with Gasteiger partial charge in [0.05, 0.1) is 0 Å². The van der Waals surface area contributed by atoms with Gasteiger partial charge in [-0.05, 0) is 0 Å². The van der Waals surface area contributed by atoms with Crippen LogP contribution >= 0.6 is 23.2 Å². The van der Waals surface area contributed by atoms with Gasteiger partial charge in [-0.2, -0.15) is 0 Å². The van der Waals surface area contributed by atoms with E-state index < -0.39 is 59.4 Å². The molecule has 10 heteroatoms. The summed E-state index contributed by atoms with van der Waals surface area (Å²) in [5.74, 6) is -4.93. The second kappa shape index (κ2) is 9.73. The van der Waals surface area contributed by atoms with Gasteiger partial charge in [-0.25, -0.2) is 0 Å². The maximum atomic E-state index is 13.8. The van der Waals surface area contributed by atoms with E-state index in [9.17, 15) is 22.8 Å². The van der Waals surface area contributed by atoms with Gasteiger partial charge < -0.3 is 0 Å². The molecule has 3 aromatic carbocycles. The van der Waals surface area contributed by atoms with Gasteiger partial charge in [-0.15, -0.1) is 0 Å². The molecule has 3 aromatic rings. The Balaban J connectivity index is 2.56. The number of rotatable bonds is 7. The molecule has 0 aromatic heterocycles. The summed E-state index contributed by atoms with van der Waals surface area (Å²) >= 11 is 5.22. The Kier molecular flexibility index (Phi) is 7.43. The first kappa shape index (κ1) is 24.4.